The van der Waals surface area contributed by atoms with Crippen LogP contribution in [0, 0.1) is 0 Å². The molecule has 0 saturated carbocycles. The first kappa shape index (κ1) is 42.4. The Morgan fingerprint density at radius 3 is 2.18 bits per heavy atom. The summed E-state index contributed by atoms with van der Waals surface area (Å²) < 4.78 is 0. The third kappa shape index (κ3) is 9.80. The predicted octanol–water partition coefficient (Wildman–Crippen LogP) is -1.94. The molecular formula is C37H52N8O10S. The number of hydrogen-bond donors (Lipinski definition) is 10. The molecule has 3 aliphatic heterocycles. The van der Waals surface area contributed by atoms with E-state index < -0.39 is 101 Å². The molecule has 1 saturated heterocycles. The highest BCUT2D eigenvalue weighted by Crippen LogP contribution is 2.32. The minimum absolute atomic E-state index is 0.140. The molecule has 19 heteroatoms. The smallest absolute Gasteiger partial charge is 0.246 e. The zero-order valence-corrected chi connectivity index (χ0v) is 32.8. The maximum absolute atomic E-state index is 14.4. The molecular weight excluding hydrogens is 749 g/mol. The molecule has 0 aliphatic carbocycles. The molecule has 306 valence electrons. The Morgan fingerprint density at radius 1 is 0.857 bits per heavy atom. The molecule has 0 spiro atoms. The number of carbonyl (C=O) groups excluding carboxylic acids is 7. The molecule has 2 bridgehead atoms. The number of aromatic nitrogens is 1. The molecule has 0 radical (unpaired) electrons. The van der Waals surface area contributed by atoms with Gasteiger partial charge in [-0.2, -0.15) is 0 Å². The molecule has 18 nitrogen and oxygen atoms in total. The molecule has 1 fully saturated rings. The van der Waals surface area contributed by atoms with E-state index in [-0.39, 0.29) is 38.0 Å². The van der Waals surface area contributed by atoms with Gasteiger partial charge in [-0.3, -0.25) is 33.6 Å². The van der Waals surface area contributed by atoms with Crippen LogP contribution in [0.2, 0.25) is 0 Å². The number of aliphatic hydroxyl groups excluding tert-OH is 2. The van der Waals surface area contributed by atoms with E-state index in [1.165, 1.54) is 27.7 Å². The highest BCUT2D eigenvalue weighted by Gasteiger charge is 2.44. The Hall–Kier alpha value is -4.72. The van der Waals surface area contributed by atoms with Crippen molar-refractivity contribution in [2.24, 2.45) is 0 Å². The first-order valence-electron chi connectivity index (χ1n) is 18.8. The second-order valence-corrected chi connectivity index (χ2v) is 16.2. The van der Waals surface area contributed by atoms with Crippen molar-refractivity contribution in [1.29, 1.82) is 0 Å². The van der Waals surface area contributed by atoms with Gasteiger partial charge in [0.15, 0.2) is 0 Å². The number of carbonyl (C=O) groups is 7. The number of fused-ring (bicyclic) bond motifs is 5. The quantitative estimate of drug-likeness (QED) is 0.159. The number of aliphatic hydroxyl groups is 3. The van der Waals surface area contributed by atoms with Crippen LogP contribution in [0.25, 0.3) is 10.9 Å². The number of thioether (sulfide) groups is 1. The van der Waals surface area contributed by atoms with Gasteiger partial charge in [-0.15, -0.1) is 11.8 Å². The van der Waals surface area contributed by atoms with Crippen LogP contribution < -0.4 is 31.9 Å². The average molecular weight is 801 g/mol. The predicted molar refractivity (Wildman–Crippen MR) is 204 cm³/mol. The van der Waals surface area contributed by atoms with Crippen LogP contribution in [-0.2, 0) is 40.0 Å². The SMILES string of the molecule is CCC[C@](C)(O)C[C@@H]1NC(=O)[C@H]2Cc3c([nH]c4ccccc34)SC[C@@H](NC(=O)[C@H]([C@H](C)O)NC(=O)[C@H](C)NC1=O)C(=O)N1C[C@H](O)C[C@H]1C(=O)N[C@H](C)C(=O)N2. The summed E-state index contributed by atoms with van der Waals surface area (Å²) in [4.78, 5) is 102. The number of benzene rings is 1. The minimum Gasteiger partial charge on any atom is -0.391 e. The van der Waals surface area contributed by atoms with E-state index in [0.717, 1.165) is 16.7 Å². The van der Waals surface area contributed by atoms with Crippen LogP contribution in [0.1, 0.15) is 65.9 Å². The number of amides is 7. The summed E-state index contributed by atoms with van der Waals surface area (Å²) >= 11 is 1.11. The Morgan fingerprint density at radius 2 is 1.50 bits per heavy atom. The maximum Gasteiger partial charge on any atom is 0.246 e. The van der Waals surface area contributed by atoms with Gasteiger partial charge in [0.05, 0.1) is 22.8 Å². The van der Waals surface area contributed by atoms with Crippen LogP contribution in [0.3, 0.4) is 0 Å². The van der Waals surface area contributed by atoms with Crippen molar-refractivity contribution < 1.29 is 48.9 Å². The van der Waals surface area contributed by atoms with Crippen molar-refractivity contribution in [2.75, 3.05) is 12.3 Å². The Bertz CT molecular complexity index is 1850. The lowest BCUT2D eigenvalue weighted by Gasteiger charge is -2.31. The lowest BCUT2D eigenvalue weighted by molar-refractivity contribution is -0.142. The molecule has 4 heterocycles. The fourth-order valence-electron chi connectivity index (χ4n) is 7.32. The topological polar surface area (TPSA) is 271 Å². The van der Waals surface area contributed by atoms with Crippen molar-refractivity contribution in [3.8, 4) is 0 Å². The van der Waals surface area contributed by atoms with E-state index in [9.17, 15) is 48.9 Å². The monoisotopic (exact) mass is 800 g/mol. The third-order valence-corrected chi connectivity index (χ3v) is 11.5. The zero-order valence-electron chi connectivity index (χ0n) is 32.0. The summed E-state index contributed by atoms with van der Waals surface area (Å²) in [6, 6.07) is -2.36. The fraction of sp³-hybridized carbons (Fsp3) is 0.595. The molecule has 5 rings (SSSR count). The minimum atomic E-state index is -1.61. The normalized spacial score (nSPS) is 30.4. The van der Waals surface area contributed by atoms with Crippen LogP contribution in [0.5, 0.6) is 0 Å². The van der Waals surface area contributed by atoms with E-state index >= 15 is 0 Å². The number of aromatic amines is 1. The molecule has 0 unspecified atom stereocenters. The summed E-state index contributed by atoms with van der Waals surface area (Å²) in [5.41, 5.74) is -0.216. The van der Waals surface area contributed by atoms with Gasteiger partial charge >= 0.3 is 0 Å². The van der Waals surface area contributed by atoms with E-state index in [1.54, 1.807) is 24.3 Å². The first-order chi connectivity index (χ1) is 26.4. The van der Waals surface area contributed by atoms with Crippen molar-refractivity contribution in [2.45, 2.75) is 132 Å². The summed E-state index contributed by atoms with van der Waals surface area (Å²) in [5.74, 6) is -5.86. The van der Waals surface area contributed by atoms with Crippen molar-refractivity contribution in [3.05, 3.63) is 29.8 Å². The Kier molecular flexibility index (Phi) is 13.3. The van der Waals surface area contributed by atoms with Gasteiger partial charge in [0.25, 0.3) is 0 Å². The summed E-state index contributed by atoms with van der Waals surface area (Å²) in [6.45, 7) is 7.08. The van der Waals surface area contributed by atoms with E-state index in [4.69, 9.17) is 0 Å². The second kappa shape index (κ2) is 17.6. The molecule has 10 N–H and O–H groups in total. The Labute approximate surface area is 328 Å². The zero-order chi connectivity index (χ0) is 41.1. The standard InChI is InChI=1S/C37H52N8O10S/c1-6-11-37(5,55)14-25-32(51)38-18(3)30(49)44-28(19(4)46)34(53)42-26-16-56-35-22(21-9-7-8-10-23(21)43-35)13-24(31(50)41-25)40-29(48)17(2)39-33(52)27-12-20(47)15-45(27)36(26)54/h7-10,17-20,24-28,43,46-47,55H,6,11-16H2,1-5H3,(H,38,51)(H,39,52)(H,40,48)(H,41,50)(H,42,53)(H,44,49)/t17-,18+,19+,20-,24-,25+,26-,27+,28+,37+/m1/s1. The largest absolute Gasteiger partial charge is 0.391 e. The van der Waals surface area contributed by atoms with E-state index in [0.29, 0.717) is 27.9 Å². The summed E-state index contributed by atoms with van der Waals surface area (Å²) in [6.07, 6.45) is -2.35. The highest BCUT2D eigenvalue weighted by atomic mass is 32.2. The third-order valence-electron chi connectivity index (χ3n) is 10.3. The fourth-order valence-corrected chi connectivity index (χ4v) is 8.43. The lowest BCUT2D eigenvalue weighted by Crippen LogP contribution is -2.61. The number of nitrogens with zero attached hydrogens (tertiary/aromatic N) is 1. The summed E-state index contributed by atoms with van der Waals surface area (Å²) in [7, 11) is 0. The maximum atomic E-state index is 14.4. The average Bonchev–Trinajstić information content (AvgIpc) is 3.69. The van der Waals surface area contributed by atoms with Gasteiger partial charge < -0.3 is 57.1 Å². The molecule has 56 heavy (non-hydrogen) atoms. The highest BCUT2D eigenvalue weighted by molar-refractivity contribution is 7.99. The summed E-state index contributed by atoms with van der Waals surface area (Å²) in [5, 5.41) is 49.3. The van der Waals surface area contributed by atoms with Gasteiger partial charge in [0, 0.05) is 42.5 Å². The van der Waals surface area contributed by atoms with Gasteiger partial charge in [0.2, 0.25) is 41.4 Å². The number of rotatable bonds is 5. The van der Waals surface area contributed by atoms with Crippen molar-refractivity contribution >= 4 is 64.0 Å². The van der Waals surface area contributed by atoms with Gasteiger partial charge in [-0.05, 0) is 45.7 Å². The first-order valence-corrected chi connectivity index (χ1v) is 19.8. The van der Waals surface area contributed by atoms with E-state index in [1.807, 2.05) is 6.92 Å². The van der Waals surface area contributed by atoms with Crippen LogP contribution in [0.15, 0.2) is 29.3 Å². The molecule has 10 atom stereocenters. The van der Waals surface area contributed by atoms with Gasteiger partial charge in [-0.25, -0.2) is 0 Å². The molecule has 7 amide bonds. The molecule has 1 aromatic heterocycles. The second-order valence-electron chi connectivity index (χ2n) is 15.2. The molecule has 1 aromatic carbocycles. The van der Waals surface area contributed by atoms with Crippen LogP contribution in [-0.4, -0.2) is 139 Å². The molecule has 3 aliphatic rings. The number of para-hydroxylation sites is 1. The number of nitrogens with one attached hydrogen (secondary N) is 7. The van der Waals surface area contributed by atoms with Crippen LogP contribution >= 0.6 is 11.8 Å². The van der Waals surface area contributed by atoms with Crippen molar-refractivity contribution in [3.63, 3.8) is 0 Å². The lowest BCUT2D eigenvalue weighted by atomic mass is 9.91. The van der Waals surface area contributed by atoms with Gasteiger partial charge in [-0.1, -0.05) is 31.5 Å². The number of H-pyrrole nitrogens is 1. The van der Waals surface area contributed by atoms with Crippen molar-refractivity contribution in [1.82, 2.24) is 41.8 Å². The number of hydrogen-bond acceptors (Lipinski definition) is 11. The van der Waals surface area contributed by atoms with Gasteiger partial charge in [0.1, 0.15) is 42.3 Å². The van der Waals surface area contributed by atoms with Crippen LogP contribution in [0.4, 0.5) is 0 Å². The van der Waals surface area contributed by atoms with E-state index in [2.05, 4.69) is 36.9 Å². The molecule has 2 aromatic rings. The Balaban J connectivity index is 1.68.